The molecular weight excluding hydrogens is 508 g/mol. The predicted octanol–water partition coefficient (Wildman–Crippen LogP) is 6.17. The van der Waals surface area contributed by atoms with E-state index in [2.05, 4.69) is 26.2 Å². The molecule has 0 aliphatic carbocycles. The SMILES string of the molecule is Cc1ccc(C(=O)Nc2ccc(N3CCCN(Cc4cccc(F)c4F)CC3)nc2)cc1-c1ccc(C#N)cc1. The van der Waals surface area contributed by atoms with Gasteiger partial charge in [0.25, 0.3) is 5.91 Å². The van der Waals surface area contributed by atoms with Crippen molar-refractivity contribution in [2.24, 2.45) is 0 Å². The van der Waals surface area contributed by atoms with Crippen molar-refractivity contribution < 1.29 is 13.6 Å². The number of pyridine rings is 1. The highest BCUT2D eigenvalue weighted by molar-refractivity contribution is 6.05. The van der Waals surface area contributed by atoms with Crippen LogP contribution in [-0.2, 0) is 6.54 Å². The summed E-state index contributed by atoms with van der Waals surface area (Å²) in [5.41, 5.74) is 4.97. The number of anilines is 2. The van der Waals surface area contributed by atoms with Crippen LogP contribution in [0.25, 0.3) is 11.1 Å². The van der Waals surface area contributed by atoms with E-state index in [0.717, 1.165) is 48.1 Å². The summed E-state index contributed by atoms with van der Waals surface area (Å²) in [5.74, 6) is -1.03. The number of rotatable bonds is 6. The van der Waals surface area contributed by atoms with E-state index in [1.807, 2.05) is 43.3 Å². The predicted molar refractivity (Wildman–Crippen MR) is 152 cm³/mol. The monoisotopic (exact) mass is 537 g/mol. The average molecular weight is 538 g/mol. The highest BCUT2D eigenvalue weighted by atomic mass is 19.2. The fraction of sp³-hybridized carbons (Fsp3) is 0.219. The molecule has 8 heteroatoms. The molecule has 1 saturated heterocycles. The Morgan fingerprint density at radius 3 is 2.58 bits per heavy atom. The molecule has 0 spiro atoms. The normalized spacial score (nSPS) is 13.9. The third kappa shape index (κ3) is 6.16. The lowest BCUT2D eigenvalue weighted by Gasteiger charge is -2.23. The number of amides is 1. The summed E-state index contributed by atoms with van der Waals surface area (Å²) in [6.45, 7) is 5.33. The fourth-order valence-electron chi connectivity index (χ4n) is 4.92. The molecule has 1 aliphatic heterocycles. The van der Waals surface area contributed by atoms with Crippen LogP contribution in [0.2, 0.25) is 0 Å². The molecule has 40 heavy (non-hydrogen) atoms. The minimum absolute atomic E-state index is 0.237. The van der Waals surface area contributed by atoms with Crippen LogP contribution in [0.15, 0.2) is 79.0 Å². The molecule has 6 nitrogen and oxygen atoms in total. The van der Waals surface area contributed by atoms with Crippen molar-refractivity contribution in [3.8, 4) is 17.2 Å². The van der Waals surface area contributed by atoms with Crippen LogP contribution in [0.1, 0.15) is 33.5 Å². The number of aryl methyl sites for hydroxylation is 1. The van der Waals surface area contributed by atoms with E-state index in [1.165, 1.54) is 6.07 Å². The second kappa shape index (κ2) is 12.1. The standard InChI is InChI=1S/C32H29F2N5O/c1-22-6-9-25(18-28(22)24-10-7-23(19-35)8-11-24)32(40)37-27-12-13-30(36-20-27)39-15-3-14-38(16-17-39)21-26-4-2-5-29(33)31(26)34/h2,4-13,18,20H,3,14-17,21H2,1H3,(H,37,40). The Hall–Kier alpha value is -4.61. The first-order chi connectivity index (χ1) is 19.4. The lowest BCUT2D eigenvalue weighted by Crippen LogP contribution is -2.31. The van der Waals surface area contributed by atoms with Gasteiger partial charge in [-0.15, -0.1) is 0 Å². The van der Waals surface area contributed by atoms with Crippen molar-refractivity contribution >= 4 is 17.4 Å². The number of nitriles is 1. The van der Waals surface area contributed by atoms with Gasteiger partial charge in [-0.2, -0.15) is 5.26 Å². The average Bonchev–Trinajstić information content (AvgIpc) is 3.22. The second-order valence-corrected chi connectivity index (χ2v) is 9.91. The van der Waals surface area contributed by atoms with E-state index in [0.29, 0.717) is 42.0 Å². The molecule has 2 heterocycles. The lowest BCUT2D eigenvalue weighted by molar-refractivity contribution is 0.102. The van der Waals surface area contributed by atoms with Gasteiger partial charge in [0, 0.05) is 43.9 Å². The minimum Gasteiger partial charge on any atom is -0.355 e. The molecule has 3 aromatic carbocycles. The van der Waals surface area contributed by atoms with Crippen LogP contribution < -0.4 is 10.2 Å². The largest absolute Gasteiger partial charge is 0.355 e. The lowest BCUT2D eigenvalue weighted by atomic mass is 9.97. The molecule has 1 N–H and O–H groups in total. The van der Waals surface area contributed by atoms with Crippen LogP contribution in [-0.4, -0.2) is 42.0 Å². The minimum atomic E-state index is -0.820. The van der Waals surface area contributed by atoms with Crippen molar-refractivity contribution in [1.82, 2.24) is 9.88 Å². The Morgan fingerprint density at radius 2 is 1.82 bits per heavy atom. The fourth-order valence-corrected chi connectivity index (χ4v) is 4.92. The molecule has 0 radical (unpaired) electrons. The molecule has 0 unspecified atom stereocenters. The van der Waals surface area contributed by atoms with Gasteiger partial charge in [0.2, 0.25) is 0 Å². The molecule has 0 saturated carbocycles. The molecule has 1 aliphatic rings. The first kappa shape index (κ1) is 27.0. The second-order valence-electron chi connectivity index (χ2n) is 9.91. The number of aromatic nitrogens is 1. The summed E-state index contributed by atoms with van der Waals surface area (Å²) in [7, 11) is 0. The molecule has 0 bridgehead atoms. The third-order valence-electron chi connectivity index (χ3n) is 7.17. The summed E-state index contributed by atoms with van der Waals surface area (Å²) in [6, 6.07) is 23.0. The van der Waals surface area contributed by atoms with Crippen molar-refractivity contribution in [1.29, 1.82) is 5.26 Å². The molecule has 5 rings (SSSR count). The van der Waals surface area contributed by atoms with Gasteiger partial charge in [0.1, 0.15) is 5.82 Å². The molecule has 1 amide bonds. The van der Waals surface area contributed by atoms with Crippen LogP contribution in [0.5, 0.6) is 0 Å². The Morgan fingerprint density at radius 1 is 1.00 bits per heavy atom. The number of carbonyl (C=O) groups excluding carboxylic acids is 1. The molecular formula is C32H29F2N5O. The van der Waals surface area contributed by atoms with Gasteiger partial charge in [-0.3, -0.25) is 9.69 Å². The number of carbonyl (C=O) groups is 1. The van der Waals surface area contributed by atoms with Crippen molar-refractivity contribution in [2.45, 2.75) is 19.9 Å². The number of benzene rings is 3. The summed E-state index contributed by atoms with van der Waals surface area (Å²) in [5, 5.41) is 12.0. The number of halogens is 2. The maximum atomic E-state index is 14.1. The zero-order chi connectivity index (χ0) is 28.1. The van der Waals surface area contributed by atoms with Gasteiger partial charge in [0.05, 0.1) is 23.5 Å². The molecule has 1 aromatic heterocycles. The summed E-state index contributed by atoms with van der Waals surface area (Å²) in [6.07, 6.45) is 2.51. The van der Waals surface area contributed by atoms with E-state index in [4.69, 9.17) is 5.26 Å². The highest BCUT2D eigenvalue weighted by Crippen LogP contribution is 2.26. The maximum absolute atomic E-state index is 14.1. The van der Waals surface area contributed by atoms with Gasteiger partial charge in [0.15, 0.2) is 11.6 Å². The maximum Gasteiger partial charge on any atom is 0.255 e. The Labute approximate surface area is 232 Å². The third-order valence-corrected chi connectivity index (χ3v) is 7.17. The van der Waals surface area contributed by atoms with Crippen LogP contribution in [0, 0.1) is 29.9 Å². The van der Waals surface area contributed by atoms with Crippen molar-refractivity contribution in [3.05, 3.63) is 113 Å². The van der Waals surface area contributed by atoms with E-state index in [1.54, 1.807) is 30.5 Å². The first-order valence-corrected chi connectivity index (χ1v) is 13.2. The molecule has 4 aromatic rings. The van der Waals surface area contributed by atoms with Gasteiger partial charge in [-0.1, -0.05) is 30.3 Å². The Balaban J connectivity index is 1.21. The number of nitrogens with zero attached hydrogens (tertiary/aromatic N) is 4. The van der Waals surface area contributed by atoms with Crippen molar-refractivity contribution in [3.63, 3.8) is 0 Å². The van der Waals surface area contributed by atoms with Gasteiger partial charge in [-0.05, 0) is 72.5 Å². The zero-order valence-corrected chi connectivity index (χ0v) is 22.2. The number of hydrogen-bond acceptors (Lipinski definition) is 5. The topological polar surface area (TPSA) is 72.3 Å². The number of nitrogens with one attached hydrogen (secondary N) is 1. The molecule has 202 valence electrons. The van der Waals surface area contributed by atoms with Gasteiger partial charge >= 0.3 is 0 Å². The Bertz CT molecular complexity index is 1550. The van der Waals surface area contributed by atoms with Gasteiger partial charge < -0.3 is 10.2 Å². The summed E-state index contributed by atoms with van der Waals surface area (Å²) in [4.78, 5) is 21.9. The summed E-state index contributed by atoms with van der Waals surface area (Å²) >= 11 is 0. The smallest absolute Gasteiger partial charge is 0.255 e. The highest BCUT2D eigenvalue weighted by Gasteiger charge is 2.18. The van der Waals surface area contributed by atoms with Crippen LogP contribution in [0.4, 0.5) is 20.3 Å². The van der Waals surface area contributed by atoms with E-state index >= 15 is 0 Å². The number of hydrogen-bond donors (Lipinski definition) is 1. The van der Waals surface area contributed by atoms with E-state index in [-0.39, 0.29) is 5.91 Å². The Kier molecular flexibility index (Phi) is 8.13. The van der Waals surface area contributed by atoms with Crippen LogP contribution in [0.3, 0.4) is 0 Å². The zero-order valence-electron chi connectivity index (χ0n) is 22.2. The molecule has 0 atom stereocenters. The first-order valence-electron chi connectivity index (χ1n) is 13.2. The van der Waals surface area contributed by atoms with Crippen molar-refractivity contribution in [2.75, 3.05) is 36.4 Å². The quantitative estimate of drug-likeness (QED) is 0.318. The molecule has 1 fully saturated rings. The van der Waals surface area contributed by atoms with Gasteiger partial charge in [-0.25, -0.2) is 13.8 Å². The van der Waals surface area contributed by atoms with Crippen LogP contribution >= 0.6 is 0 Å². The van der Waals surface area contributed by atoms with E-state index in [9.17, 15) is 13.6 Å². The summed E-state index contributed by atoms with van der Waals surface area (Å²) < 4.78 is 27.7. The van der Waals surface area contributed by atoms with E-state index < -0.39 is 11.6 Å².